The number of anilines is 1. The highest BCUT2D eigenvalue weighted by molar-refractivity contribution is 7.92. The van der Waals surface area contributed by atoms with Crippen LogP contribution in [0.5, 0.6) is 0 Å². The van der Waals surface area contributed by atoms with Gasteiger partial charge in [0.15, 0.2) is 0 Å². The molecule has 3 N–H and O–H groups in total. The second-order valence-electron chi connectivity index (χ2n) is 4.21. The maximum absolute atomic E-state index is 11.9. The van der Waals surface area contributed by atoms with E-state index in [9.17, 15) is 13.2 Å². The molecule has 0 bridgehead atoms. The van der Waals surface area contributed by atoms with Gasteiger partial charge in [0.25, 0.3) is 5.91 Å². The molecule has 0 saturated heterocycles. The van der Waals surface area contributed by atoms with Crippen molar-refractivity contribution in [2.45, 2.75) is 6.54 Å². The van der Waals surface area contributed by atoms with Crippen molar-refractivity contribution < 1.29 is 13.2 Å². The summed E-state index contributed by atoms with van der Waals surface area (Å²) in [5.41, 5.74) is 1.66. The Kier molecular flexibility index (Phi) is 4.04. The third-order valence-corrected chi connectivity index (χ3v) is 3.05. The van der Waals surface area contributed by atoms with Crippen molar-refractivity contribution in [2.24, 2.45) is 0 Å². The predicted molar refractivity (Wildman–Crippen MR) is 74.7 cm³/mol. The van der Waals surface area contributed by atoms with Crippen LogP contribution in [0.15, 0.2) is 36.8 Å². The van der Waals surface area contributed by atoms with E-state index in [4.69, 9.17) is 0 Å². The minimum absolute atomic E-state index is 0.245. The van der Waals surface area contributed by atoms with Gasteiger partial charge in [0.1, 0.15) is 0 Å². The van der Waals surface area contributed by atoms with Gasteiger partial charge in [-0.2, -0.15) is 0 Å². The minimum atomic E-state index is -3.31. The van der Waals surface area contributed by atoms with Crippen LogP contribution in [-0.4, -0.2) is 30.5 Å². The quantitative estimate of drug-likeness (QED) is 0.755. The smallest absolute Gasteiger partial charge is 0.251 e. The molecule has 106 valence electrons. The molecule has 8 heteroatoms. The zero-order valence-electron chi connectivity index (χ0n) is 10.8. The first-order valence-corrected chi connectivity index (χ1v) is 7.66. The molecule has 1 aromatic heterocycles. The molecule has 1 aromatic carbocycles. The van der Waals surface area contributed by atoms with Crippen LogP contribution in [0.2, 0.25) is 0 Å². The lowest BCUT2D eigenvalue weighted by Gasteiger charge is -2.06. The molecule has 0 aliphatic heterocycles. The monoisotopic (exact) mass is 294 g/mol. The van der Waals surface area contributed by atoms with E-state index < -0.39 is 10.0 Å². The van der Waals surface area contributed by atoms with Gasteiger partial charge in [-0.05, 0) is 24.3 Å². The van der Waals surface area contributed by atoms with Gasteiger partial charge in [-0.25, -0.2) is 13.4 Å². The summed E-state index contributed by atoms with van der Waals surface area (Å²) in [5, 5.41) is 2.72. The molecule has 0 aliphatic carbocycles. The highest BCUT2D eigenvalue weighted by Gasteiger charge is 2.07. The van der Waals surface area contributed by atoms with Crippen molar-refractivity contribution in [1.29, 1.82) is 0 Å². The van der Waals surface area contributed by atoms with E-state index in [2.05, 4.69) is 20.0 Å². The first-order valence-electron chi connectivity index (χ1n) is 5.77. The molecular weight excluding hydrogens is 280 g/mol. The number of carbonyl (C=O) groups is 1. The summed E-state index contributed by atoms with van der Waals surface area (Å²) in [6.45, 7) is 0.349. The van der Waals surface area contributed by atoms with Crippen LogP contribution in [0.4, 0.5) is 5.69 Å². The van der Waals surface area contributed by atoms with Gasteiger partial charge in [0.2, 0.25) is 10.0 Å². The molecule has 1 heterocycles. The first kappa shape index (κ1) is 14.1. The fourth-order valence-corrected chi connectivity index (χ4v) is 2.13. The van der Waals surface area contributed by atoms with Crippen LogP contribution in [0.1, 0.15) is 16.1 Å². The largest absolute Gasteiger partial charge is 0.347 e. The van der Waals surface area contributed by atoms with Crippen molar-refractivity contribution in [3.8, 4) is 0 Å². The van der Waals surface area contributed by atoms with Gasteiger partial charge in [-0.3, -0.25) is 9.52 Å². The summed E-state index contributed by atoms with van der Waals surface area (Å²) in [6, 6.07) is 6.17. The predicted octanol–water partition coefficient (Wildman–Crippen LogP) is 0.711. The van der Waals surface area contributed by atoms with E-state index in [1.54, 1.807) is 18.3 Å². The maximum atomic E-state index is 11.9. The number of hydrogen-bond donors (Lipinski definition) is 3. The molecule has 20 heavy (non-hydrogen) atoms. The Bertz CT molecular complexity index is 678. The van der Waals surface area contributed by atoms with E-state index in [-0.39, 0.29) is 5.91 Å². The zero-order valence-corrected chi connectivity index (χ0v) is 11.6. The average molecular weight is 294 g/mol. The van der Waals surface area contributed by atoms with Crippen molar-refractivity contribution in [3.05, 3.63) is 48.0 Å². The number of benzene rings is 1. The second-order valence-corrected chi connectivity index (χ2v) is 5.96. The summed E-state index contributed by atoms with van der Waals surface area (Å²) >= 11 is 0. The molecule has 0 aliphatic rings. The zero-order chi connectivity index (χ0) is 14.6. The van der Waals surface area contributed by atoms with Gasteiger partial charge in [-0.15, -0.1) is 0 Å². The van der Waals surface area contributed by atoms with Crippen molar-refractivity contribution in [3.63, 3.8) is 0 Å². The third-order valence-electron chi connectivity index (χ3n) is 2.44. The van der Waals surface area contributed by atoms with Crippen LogP contribution in [0, 0.1) is 0 Å². The number of H-pyrrole nitrogens is 1. The molecule has 7 nitrogen and oxygen atoms in total. The molecule has 0 radical (unpaired) electrons. The number of aromatic amines is 1. The Labute approximate surface area is 116 Å². The highest BCUT2D eigenvalue weighted by Crippen LogP contribution is 2.10. The molecular formula is C12H14N4O3S. The minimum Gasteiger partial charge on any atom is -0.347 e. The Hall–Kier alpha value is -2.35. The highest BCUT2D eigenvalue weighted by atomic mass is 32.2. The topological polar surface area (TPSA) is 104 Å². The Morgan fingerprint density at radius 2 is 2.00 bits per heavy atom. The van der Waals surface area contributed by atoms with Crippen molar-refractivity contribution >= 4 is 21.6 Å². The summed E-state index contributed by atoms with van der Waals surface area (Å²) in [5.74, 6) is -0.245. The van der Waals surface area contributed by atoms with Crippen LogP contribution < -0.4 is 10.0 Å². The van der Waals surface area contributed by atoms with Gasteiger partial charge in [0.05, 0.1) is 24.8 Å². The number of imidazole rings is 1. The fraction of sp³-hybridized carbons (Fsp3) is 0.167. The standard InChI is InChI=1S/C12H14N4O3S/c1-20(18,19)16-10-4-2-9(3-5-10)12(17)14-7-11-6-13-8-15-11/h2-6,8,16H,7H2,1H3,(H,13,15)(H,14,17). The van der Waals surface area contributed by atoms with Crippen LogP contribution in [0.3, 0.4) is 0 Å². The van der Waals surface area contributed by atoms with E-state index in [1.165, 1.54) is 18.5 Å². The molecule has 0 fully saturated rings. The summed E-state index contributed by atoms with van der Waals surface area (Å²) in [6.07, 6.45) is 4.23. The lowest BCUT2D eigenvalue weighted by Crippen LogP contribution is -2.22. The second kappa shape index (κ2) is 5.74. The number of rotatable bonds is 5. The summed E-state index contributed by atoms with van der Waals surface area (Å²) < 4.78 is 24.4. The summed E-state index contributed by atoms with van der Waals surface area (Å²) in [4.78, 5) is 18.6. The van der Waals surface area contributed by atoms with Gasteiger partial charge >= 0.3 is 0 Å². The van der Waals surface area contributed by atoms with Crippen LogP contribution >= 0.6 is 0 Å². The number of sulfonamides is 1. The SMILES string of the molecule is CS(=O)(=O)Nc1ccc(C(=O)NCc2cnc[nH]2)cc1. The van der Waals surface area contributed by atoms with Crippen LogP contribution in [0.25, 0.3) is 0 Å². The van der Waals surface area contributed by atoms with Gasteiger partial charge in [-0.1, -0.05) is 0 Å². The van der Waals surface area contributed by atoms with E-state index in [0.717, 1.165) is 11.9 Å². The number of aromatic nitrogens is 2. The molecule has 2 rings (SSSR count). The summed E-state index contributed by atoms with van der Waals surface area (Å²) in [7, 11) is -3.31. The van der Waals surface area contributed by atoms with E-state index >= 15 is 0 Å². The molecule has 2 aromatic rings. The fourth-order valence-electron chi connectivity index (χ4n) is 1.56. The number of nitrogens with zero attached hydrogens (tertiary/aromatic N) is 1. The number of amides is 1. The Balaban J connectivity index is 1.97. The Morgan fingerprint density at radius 1 is 1.30 bits per heavy atom. The molecule has 0 spiro atoms. The average Bonchev–Trinajstić information content (AvgIpc) is 2.88. The van der Waals surface area contributed by atoms with Crippen molar-refractivity contribution in [2.75, 3.05) is 11.0 Å². The number of nitrogens with one attached hydrogen (secondary N) is 3. The van der Waals surface area contributed by atoms with Gasteiger partial charge < -0.3 is 10.3 Å². The first-order chi connectivity index (χ1) is 9.44. The lowest BCUT2D eigenvalue weighted by atomic mass is 10.2. The van der Waals surface area contributed by atoms with E-state index in [0.29, 0.717) is 17.8 Å². The molecule has 0 unspecified atom stereocenters. The molecule has 0 saturated carbocycles. The number of carbonyl (C=O) groups excluding carboxylic acids is 1. The Morgan fingerprint density at radius 3 is 2.55 bits per heavy atom. The third kappa shape index (κ3) is 4.09. The van der Waals surface area contributed by atoms with Gasteiger partial charge in [0, 0.05) is 17.4 Å². The van der Waals surface area contributed by atoms with E-state index in [1.807, 2.05) is 0 Å². The van der Waals surface area contributed by atoms with Crippen LogP contribution in [-0.2, 0) is 16.6 Å². The normalized spacial score (nSPS) is 11.1. The van der Waals surface area contributed by atoms with Crippen molar-refractivity contribution in [1.82, 2.24) is 15.3 Å². The maximum Gasteiger partial charge on any atom is 0.251 e. The molecule has 0 atom stereocenters. The lowest BCUT2D eigenvalue weighted by molar-refractivity contribution is 0.0950. The number of hydrogen-bond acceptors (Lipinski definition) is 4. The molecule has 1 amide bonds.